The van der Waals surface area contributed by atoms with Gasteiger partial charge in [0.1, 0.15) is 0 Å². The van der Waals surface area contributed by atoms with Crippen molar-refractivity contribution in [3.63, 3.8) is 0 Å². The molecular formula is C11H20ClNO5S. The number of hydrogen-bond donors (Lipinski definition) is 0. The van der Waals surface area contributed by atoms with Crippen LogP contribution in [0.3, 0.4) is 0 Å². The fourth-order valence-corrected chi connectivity index (χ4v) is 3.39. The first-order valence-electron chi connectivity index (χ1n) is 6.19. The van der Waals surface area contributed by atoms with Crippen molar-refractivity contribution in [1.29, 1.82) is 0 Å². The van der Waals surface area contributed by atoms with Crippen LogP contribution in [0.4, 0.5) is 0 Å². The molecule has 1 fully saturated rings. The summed E-state index contributed by atoms with van der Waals surface area (Å²) in [7, 11) is 3.27. The number of amides is 1. The van der Waals surface area contributed by atoms with Crippen LogP contribution in [0.2, 0.25) is 0 Å². The third-order valence-corrected chi connectivity index (χ3v) is 4.13. The van der Waals surface area contributed by atoms with Crippen molar-refractivity contribution in [2.75, 3.05) is 45.8 Å². The van der Waals surface area contributed by atoms with Crippen molar-refractivity contribution < 1.29 is 22.7 Å². The quantitative estimate of drug-likeness (QED) is 0.457. The number of ether oxygens (including phenoxy) is 2. The minimum atomic E-state index is -3.54. The SMILES string of the molecule is COCCOCCCN1CC(CS(=O)(=O)Cl)CC1=O. The highest BCUT2D eigenvalue weighted by atomic mass is 35.7. The minimum absolute atomic E-state index is 0.0118. The molecule has 0 aromatic rings. The van der Waals surface area contributed by atoms with E-state index in [9.17, 15) is 13.2 Å². The zero-order chi connectivity index (χ0) is 14.3. The molecule has 0 aromatic heterocycles. The van der Waals surface area contributed by atoms with Gasteiger partial charge < -0.3 is 14.4 Å². The Morgan fingerprint density at radius 2 is 2.11 bits per heavy atom. The molecule has 0 aliphatic carbocycles. The summed E-state index contributed by atoms with van der Waals surface area (Å²) in [6.45, 7) is 2.70. The van der Waals surface area contributed by atoms with Gasteiger partial charge >= 0.3 is 0 Å². The second-order valence-corrected chi connectivity index (χ2v) is 7.40. The van der Waals surface area contributed by atoms with Crippen LogP contribution in [0.25, 0.3) is 0 Å². The molecule has 1 amide bonds. The summed E-state index contributed by atoms with van der Waals surface area (Å²) in [6.07, 6.45) is 0.992. The zero-order valence-electron chi connectivity index (χ0n) is 11.0. The van der Waals surface area contributed by atoms with Gasteiger partial charge in [0, 0.05) is 49.8 Å². The van der Waals surface area contributed by atoms with Crippen LogP contribution >= 0.6 is 10.7 Å². The van der Waals surface area contributed by atoms with E-state index in [0.717, 1.165) is 6.42 Å². The smallest absolute Gasteiger partial charge is 0.232 e. The molecule has 0 spiro atoms. The van der Waals surface area contributed by atoms with Crippen molar-refractivity contribution in [2.24, 2.45) is 5.92 Å². The van der Waals surface area contributed by atoms with E-state index >= 15 is 0 Å². The summed E-state index contributed by atoms with van der Waals surface area (Å²) in [5, 5.41) is 0. The Bertz CT molecular complexity index is 387. The molecule has 19 heavy (non-hydrogen) atoms. The van der Waals surface area contributed by atoms with Gasteiger partial charge in [-0.25, -0.2) is 8.42 Å². The summed E-state index contributed by atoms with van der Waals surface area (Å²) in [5.41, 5.74) is 0. The minimum Gasteiger partial charge on any atom is -0.382 e. The monoisotopic (exact) mass is 313 g/mol. The molecule has 1 unspecified atom stereocenters. The third kappa shape index (κ3) is 7.10. The van der Waals surface area contributed by atoms with Crippen LogP contribution in [0, 0.1) is 5.92 Å². The van der Waals surface area contributed by atoms with Gasteiger partial charge in [-0.1, -0.05) is 0 Å². The summed E-state index contributed by atoms with van der Waals surface area (Å²) < 4.78 is 32.1. The lowest BCUT2D eigenvalue weighted by molar-refractivity contribution is -0.127. The highest BCUT2D eigenvalue weighted by Crippen LogP contribution is 2.20. The fraction of sp³-hybridized carbons (Fsp3) is 0.909. The first-order valence-corrected chi connectivity index (χ1v) is 8.67. The van der Waals surface area contributed by atoms with Crippen molar-refractivity contribution in [2.45, 2.75) is 12.8 Å². The summed E-state index contributed by atoms with van der Waals surface area (Å²) in [4.78, 5) is 13.3. The maximum Gasteiger partial charge on any atom is 0.232 e. The highest BCUT2D eigenvalue weighted by Gasteiger charge is 2.31. The van der Waals surface area contributed by atoms with Crippen LogP contribution in [0.5, 0.6) is 0 Å². The maximum absolute atomic E-state index is 11.7. The number of carbonyl (C=O) groups is 1. The summed E-state index contributed by atoms with van der Waals surface area (Å²) in [5.74, 6) is -0.340. The molecule has 0 radical (unpaired) electrons. The van der Waals surface area contributed by atoms with Gasteiger partial charge in [-0.05, 0) is 6.42 Å². The number of nitrogens with zero attached hydrogens (tertiary/aromatic N) is 1. The molecule has 1 rings (SSSR count). The van der Waals surface area contributed by atoms with Gasteiger partial charge in [-0.3, -0.25) is 4.79 Å². The first-order chi connectivity index (χ1) is 8.92. The van der Waals surface area contributed by atoms with Gasteiger partial charge in [0.05, 0.1) is 19.0 Å². The van der Waals surface area contributed by atoms with Crippen molar-refractivity contribution in [3.05, 3.63) is 0 Å². The Kier molecular flexibility index (Phi) is 7.06. The average Bonchev–Trinajstić information content (AvgIpc) is 2.61. The van der Waals surface area contributed by atoms with Gasteiger partial charge in [0.15, 0.2) is 0 Å². The number of halogens is 1. The molecule has 1 aliphatic heterocycles. The van der Waals surface area contributed by atoms with E-state index in [1.54, 1.807) is 12.0 Å². The largest absolute Gasteiger partial charge is 0.382 e. The van der Waals surface area contributed by atoms with Gasteiger partial charge in [0.25, 0.3) is 0 Å². The second-order valence-electron chi connectivity index (χ2n) is 4.57. The van der Waals surface area contributed by atoms with Crippen LogP contribution in [-0.2, 0) is 23.3 Å². The van der Waals surface area contributed by atoms with Crippen molar-refractivity contribution in [3.8, 4) is 0 Å². The molecular weight excluding hydrogens is 294 g/mol. The summed E-state index contributed by atoms with van der Waals surface area (Å²) in [6, 6.07) is 0. The lowest BCUT2D eigenvalue weighted by atomic mass is 10.1. The van der Waals surface area contributed by atoms with Crippen LogP contribution in [0.15, 0.2) is 0 Å². The number of carbonyl (C=O) groups excluding carboxylic acids is 1. The number of rotatable bonds is 9. The Hall–Kier alpha value is -0.370. The molecule has 1 aliphatic rings. The first kappa shape index (κ1) is 16.7. The van der Waals surface area contributed by atoms with Gasteiger partial charge in [-0.15, -0.1) is 0 Å². The molecule has 1 atom stereocenters. The fourth-order valence-electron chi connectivity index (χ4n) is 2.07. The number of methoxy groups -OCH3 is 1. The predicted octanol–water partition coefficient (Wildman–Crippen LogP) is 0.457. The average molecular weight is 314 g/mol. The van der Waals surface area contributed by atoms with Gasteiger partial charge in [0.2, 0.25) is 15.0 Å². The van der Waals surface area contributed by atoms with E-state index in [4.69, 9.17) is 20.2 Å². The Morgan fingerprint density at radius 1 is 1.37 bits per heavy atom. The number of likely N-dealkylation sites (tertiary alicyclic amines) is 1. The topological polar surface area (TPSA) is 72.9 Å². The van der Waals surface area contributed by atoms with E-state index in [-0.39, 0.29) is 24.0 Å². The summed E-state index contributed by atoms with van der Waals surface area (Å²) >= 11 is 0. The van der Waals surface area contributed by atoms with E-state index in [1.807, 2.05) is 0 Å². The second kappa shape index (κ2) is 8.04. The molecule has 1 heterocycles. The van der Waals surface area contributed by atoms with E-state index < -0.39 is 9.05 Å². The highest BCUT2D eigenvalue weighted by molar-refractivity contribution is 8.13. The molecule has 0 bridgehead atoms. The van der Waals surface area contributed by atoms with Crippen LogP contribution < -0.4 is 0 Å². The van der Waals surface area contributed by atoms with Gasteiger partial charge in [-0.2, -0.15) is 0 Å². The van der Waals surface area contributed by atoms with Crippen molar-refractivity contribution in [1.82, 2.24) is 4.90 Å². The Balaban J connectivity index is 2.19. The standard InChI is InChI=1S/C11H20ClNO5S/c1-17-5-6-18-4-2-3-13-8-10(7-11(13)14)9-19(12,15)16/h10H,2-9H2,1H3. The molecule has 112 valence electrons. The molecule has 0 saturated carbocycles. The molecule has 1 saturated heterocycles. The Labute approximate surface area is 118 Å². The van der Waals surface area contributed by atoms with E-state index in [2.05, 4.69) is 0 Å². The zero-order valence-corrected chi connectivity index (χ0v) is 12.6. The van der Waals surface area contributed by atoms with Crippen molar-refractivity contribution >= 4 is 25.6 Å². The predicted molar refractivity (Wildman–Crippen MR) is 71.6 cm³/mol. The molecule has 0 aromatic carbocycles. The Morgan fingerprint density at radius 3 is 2.74 bits per heavy atom. The number of hydrogen-bond acceptors (Lipinski definition) is 5. The molecule has 8 heteroatoms. The van der Waals surface area contributed by atoms with Crippen LogP contribution in [-0.4, -0.2) is 65.0 Å². The molecule has 0 N–H and O–H groups in total. The third-order valence-electron chi connectivity index (χ3n) is 2.88. The normalized spacial score (nSPS) is 20.2. The maximum atomic E-state index is 11.7. The van der Waals surface area contributed by atoms with E-state index in [1.165, 1.54) is 0 Å². The molecule has 6 nitrogen and oxygen atoms in total. The van der Waals surface area contributed by atoms with Crippen LogP contribution in [0.1, 0.15) is 12.8 Å². The lowest BCUT2D eigenvalue weighted by Crippen LogP contribution is -2.27. The lowest BCUT2D eigenvalue weighted by Gasteiger charge is -2.16. The van der Waals surface area contributed by atoms with E-state index in [0.29, 0.717) is 32.9 Å².